The van der Waals surface area contributed by atoms with Crippen LogP contribution in [-0.2, 0) is 19.9 Å². The number of aromatic nitrogens is 3. The summed E-state index contributed by atoms with van der Waals surface area (Å²) in [5.74, 6) is 0. The Morgan fingerprint density at radius 2 is 2.00 bits per heavy atom. The fourth-order valence-corrected chi connectivity index (χ4v) is 4.04. The van der Waals surface area contributed by atoms with Crippen molar-refractivity contribution < 1.29 is 0 Å². The van der Waals surface area contributed by atoms with Crippen molar-refractivity contribution in [2.75, 3.05) is 0 Å². The molecule has 0 saturated heterocycles. The minimum absolute atomic E-state index is 1.06. The second-order valence-corrected chi connectivity index (χ2v) is 6.16. The molecule has 3 nitrogen and oxygen atoms in total. The summed E-state index contributed by atoms with van der Waals surface area (Å²) in [6, 6.07) is 10.4. The van der Waals surface area contributed by atoms with E-state index in [9.17, 15) is 0 Å². The van der Waals surface area contributed by atoms with Crippen LogP contribution >= 0.6 is 11.3 Å². The van der Waals surface area contributed by atoms with Gasteiger partial charge in [-0.2, -0.15) is 5.10 Å². The molecule has 1 aliphatic rings. The smallest absolute Gasteiger partial charge is 0.124 e. The molecule has 2 aromatic heterocycles. The molecule has 0 bridgehead atoms. The monoisotopic (exact) mass is 281 g/mol. The van der Waals surface area contributed by atoms with Crippen LogP contribution in [0.25, 0.3) is 21.1 Å². The first-order valence-corrected chi connectivity index (χ1v) is 7.71. The molecule has 1 aromatic carbocycles. The zero-order valence-corrected chi connectivity index (χ0v) is 12.2. The maximum Gasteiger partial charge on any atom is 0.124 e. The predicted octanol–water partition coefficient (Wildman–Crippen LogP) is 3.70. The average molecular weight is 281 g/mol. The normalized spacial score (nSPS) is 13.7. The molecular formula is C16H15N3S. The third-order valence-corrected chi connectivity index (χ3v) is 4.96. The van der Waals surface area contributed by atoms with Gasteiger partial charge in [0.1, 0.15) is 5.01 Å². The number of benzene rings is 1. The van der Waals surface area contributed by atoms with Crippen molar-refractivity contribution in [1.82, 2.24) is 14.8 Å². The highest BCUT2D eigenvalue weighted by Gasteiger charge is 2.22. The van der Waals surface area contributed by atoms with E-state index >= 15 is 0 Å². The molecule has 4 heteroatoms. The SMILES string of the molecule is Cn1ncc2c1-c1sc(-c3ccccc3)nc1CCC2. The Balaban J connectivity index is 1.90. The summed E-state index contributed by atoms with van der Waals surface area (Å²) < 4.78 is 1.99. The Labute approximate surface area is 121 Å². The van der Waals surface area contributed by atoms with E-state index in [2.05, 4.69) is 29.4 Å². The molecule has 100 valence electrons. The number of fused-ring (bicyclic) bond motifs is 3. The third-order valence-electron chi connectivity index (χ3n) is 3.81. The zero-order chi connectivity index (χ0) is 13.5. The van der Waals surface area contributed by atoms with E-state index in [1.165, 1.54) is 27.4 Å². The van der Waals surface area contributed by atoms with Crippen molar-refractivity contribution >= 4 is 11.3 Å². The van der Waals surface area contributed by atoms with E-state index in [-0.39, 0.29) is 0 Å². The lowest BCUT2D eigenvalue weighted by Crippen LogP contribution is -1.94. The summed E-state index contributed by atoms with van der Waals surface area (Å²) in [7, 11) is 2.02. The Hall–Kier alpha value is -1.94. The van der Waals surface area contributed by atoms with E-state index < -0.39 is 0 Å². The number of nitrogens with zero attached hydrogens (tertiary/aromatic N) is 3. The topological polar surface area (TPSA) is 30.7 Å². The number of rotatable bonds is 1. The van der Waals surface area contributed by atoms with E-state index in [4.69, 9.17) is 4.98 Å². The van der Waals surface area contributed by atoms with Crippen LogP contribution in [0, 0.1) is 0 Å². The molecule has 0 radical (unpaired) electrons. The van der Waals surface area contributed by atoms with Crippen LogP contribution in [-0.4, -0.2) is 14.8 Å². The first kappa shape index (κ1) is 11.9. The van der Waals surface area contributed by atoms with Gasteiger partial charge in [-0.25, -0.2) is 4.98 Å². The van der Waals surface area contributed by atoms with Crippen molar-refractivity contribution in [1.29, 1.82) is 0 Å². The van der Waals surface area contributed by atoms with E-state index in [1.54, 1.807) is 11.3 Å². The van der Waals surface area contributed by atoms with Gasteiger partial charge in [-0.15, -0.1) is 11.3 Å². The quantitative estimate of drug-likeness (QED) is 0.681. The van der Waals surface area contributed by atoms with Gasteiger partial charge in [0.05, 0.1) is 22.5 Å². The van der Waals surface area contributed by atoms with Gasteiger partial charge in [-0.05, 0) is 24.8 Å². The molecule has 0 saturated carbocycles. The molecule has 0 N–H and O–H groups in total. The van der Waals surface area contributed by atoms with Gasteiger partial charge in [0.15, 0.2) is 0 Å². The molecule has 3 aromatic rings. The van der Waals surface area contributed by atoms with Crippen molar-refractivity contribution in [2.24, 2.45) is 7.05 Å². The lowest BCUT2D eigenvalue weighted by atomic mass is 10.1. The maximum absolute atomic E-state index is 4.88. The van der Waals surface area contributed by atoms with Gasteiger partial charge in [0.2, 0.25) is 0 Å². The summed E-state index contributed by atoms with van der Waals surface area (Å²) in [4.78, 5) is 6.18. The van der Waals surface area contributed by atoms with Gasteiger partial charge in [-0.3, -0.25) is 4.68 Å². The zero-order valence-electron chi connectivity index (χ0n) is 11.3. The van der Waals surface area contributed by atoms with Crippen molar-refractivity contribution in [3.8, 4) is 21.1 Å². The second-order valence-electron chi connectivity index (χ2n) is 5.16. The van der Waals surface area contributed by atoms with Gasteiger partial charge in [0.25, 0.3) is 0 Å². The van der Waals surface area contributed by atoms with E-state index in [0.29, 0.717) is 0 Å². The first-order chi connectivity index (χ1) is 9.83. The molecule has 0 fully saturated rings. The van der Waals surface area contributed by atoms with Gasteiger partial charge < -0.3 is 0 Å². The molecule has 1 aliphatic carbocycles. The molecule has 0 amide bonds. The molecule has 2 heterocycles. The Bertz CT molecular complexity index is 755. The van der Waals surface area contributed by atoms with Gasteiger partial charge in [0, 0.05) is 12.6 Å². The summed E-state index contributed by atoms with van der Waals surface area (Å²) in [6.07, 6.45) is 5.33. The number of aryl methyl sites for hydroxylation is 3. The van der Waals surface area contributed by atoms with Crippen LogP contribution in [0.4, 0.5) is 0 Å². The molecule has 4 rings (SSSR count). The fourth-order valence-electron chi connectivity index (χ4n) is 2.82. The molecule has 20 heavy (non-hydrogen) atoms. The van der Waals surface area contributed by atoms with E-state index in [1.807, 2.05) is 24.0 Å². The fraction of sp³-hybridized carbons (Fsp3) is 0.250. The number of hydrogen-bond donors (Lipinski definition) is 0. The Morgan fingerprint density at radius 1 is 1.15 bits per heavy atom. The number of hydrogen-bond acceptors (Lipinski definition) is 3. The summed E-state index contributed by atoms with van der Waals surface area (Å²) in [5.41, 5.74) is 5.05. The molecular weight excluding hydrogens is 266 g/mol. The minimum Gasteiger partial charge on any atom is -0.267 e. The van der Waals surface area contributed by atoms with Crippen LogP contribution in [0.5, 0.6) is 0 Å². The first-order valence-electron chi connectivity index (χ1n) is 6.89. The van der Waals surface area contributed by atoms with Crippen LogP contribution in [0.1, 0.15) is 17.7 Å². The van der Waals surface area contributed by atoms with Crippen molar-refractivity contribution in [3.05, 3.63) is 47.8 Å². The lowest BCUT2D eigenvalue weighted by Gasteiger charge is -2.00. The molecule has 0 atom stereocenters. The van der Waals surface area contributed by atoms with Crippen LogP contribution < -0.4 is 0 Å². The highest BCUT2D eigenvalue weighted by Crippen LogP contribution is 2.39. The number of thiazole rings is 1. The Morgan fingerprint density at radius 3 is 2.85 bits per heavy atom. The van der Waals surface area contributed by atoms with Crippen LogP contribution in [0.2, 0.25) is 0 Å². The summed E-state index contributed by atoms with van der Waals surface area (Å²) >= 11 is 1.79. The highest BCUT2D eigenvalue weighted by atomic mass is 32.1. The van der Waals surface area contributed by atoms with Crippen LogP contribution in [0.15, 0.2) is 36.5 Å². The molecule has 0 spiro atoms. The summed E-state index contributed by atoms with van der Waals surface area (Å²) in [6.45, 7) is 0. The summed E-state index contributed by atoms with van der Waals surface area (Å²) in [5, 5.41) is 5.53. The van der Waals surface area contributed by atoms with Crippen LogP contribution in [0.3, 0.4) is 0 Å². The van der Waals surface area contributed by atoms with Gasteiger partial charge in [-0.1, -0.05) is 30.3 Å². The van der Waals surface area contributed by atoms with Crippen molar-refractivity contribution in [2.45, 2.75) is 19.3 Å². The van der Waals surface area contributed by atoms with Crippen molar-refractivity contribution in [3.63, 3.8) is 0 Å². The molecule has 0 unspecified atom stereocenters. The standard InChI is InChI=1S/C16H15N3S/c1-19-14-12(10-17-19)8-5-9-13-15(14)20-16(18-13)11-6-3-2-4-7-11/h2-4,6-7,10H,5,8-9H2,1H3. The van der Waals surface area contributed by atoms with E-state index in [0.717, 1.165) is 24.3 Å². The molecule has 0 aliphatic heterocycles. The predicted molar refractivity (Wildman–Crippen MR) is 81.8 cm³/mol. The highest BCUT2D eigenvalue weighted by molar-refractivity contribution is 7.18. The minimum atomic E-state index is 1.06. The average Bonchev–Trinajstić information content (AvgIpc) is 3.00. The third kappa shape index (κ3) is 1.79. The Kier molecular flexibility index (Phi) is 2.70. The van der Waals surface area contributed by atoms with Gasteiger partial charge >= 0.3 is 0 Å². The lowest BCUT2D eigenvalue weighted by molar-refractivity contribution is 0.775. The second kappa shape index (κ2) is 4.56. The largest absolute Gasteiger partial charge is 0.267 e. The maximum atomic E-state index is 4.88.